The average Bonchev–Trinajstić information content (AvgIpc) is 3.02. The lowest BCUT2D eigenvalue weighted by atomic mass is 10.0. The van der Waals surface area contributed by atoms with Crippen molar-refractivity contribution in [1.29, 1.82) is 0 Å². The summed E-state index contributed by atoms with van der Waals surface area (Å²) in [6.07, 6.45) is -9.46. The van der Waals surface area contributed by atoms with E-state index in [-0.39, 0.29) is 16.3 Å². The zero-order valence-electron chi connectivity index (χ0n) is 13.8. The van der Waals surface area contributed by atoms with E-state index in [0.717, 1.165) is 12.1 Å². The molecule has 2 heterocycles. The number of H-pyrrole nitrogens is 2. The van der Waals surface area contributed by atoms with Crippen molar-refractivity contribution in [2.24, 2.45) is 0 Å². The van der Waals surface area contributed by atoms with Crippen LogP contribution in [0.15, 0.2) is 29.2 Å². The first-order valence-electron chi connectivity index (χ1n) is 7.63. The molecule has 0 aliphatic rings. The summed E-state index contributed by atoms with van der Waals surface area (Å²) in [4.78, 5) is 17.9. The van der Waals surface area contributed by atoms with Crippen LogP contribution in [0.1, 0.15) is 22.4 Å². The van der Waals surface area contributed by atoms with Crippen LogP contribution >= 0.6 is 23.2 Å². The highest BCUT2D eigenvalue weighted by molar-refractivity contribution is 6.32. The van der Waals surface area contributed by atoms with Gasteiger partial charge in [0.05, 0.1) is 21.2 Å². The molecule has 0 unspecified atom stereocenters. The maximum absolute atomic E-state index is 13.5. The lowest BCUT2D eigenvalue weighted by Crippen LogP contribution is -2.24. The van der Waals surface area contributed by atoms with Crippen LogP contribution in [0.3, 0.4) is 0 Å². The molecule has 0 amide bonds. The van der Waals surface area contributed by atoms with Crippen molar-refractivity contribution in [3.8, 4) is 11.5 Å². The van der Waals surface area contributed by atoms with Crippen LogP contribution in [0.25, 0.3) is 11.5 Å². The van der Waals surface area contributed by atoms with Gasteiger partial charge in [-0.1, -0.05) is 29.3 Å². The third-order valence-electron chi connectivity index (χ3n) is 3.82. The second-order valence-corrected chi connectivity index (χ2v) is 6.62. The van der Waals surface area contributed by atoms with Crippen LogP contribution in [0, 0.1) is 0 Å². The molecule has 0 radical (unpaired) electrons. The Morgan fingerprint density at radius 3 is 2.24 bits per heavy atom. The number of aromatic nitrogens is 4. The van der Waals surface area contributed by atoms with Crippen LogP contribution in [-0.2, 0) is 18.8 Å². The van der Waals surface area contributed by atoms with E-state index in [0.29, 0.717) is 6.07 Å². The zero-order valence-corrected chi connectivity index (χ0v) is 15.4. The van der Waals surface area contributed by atoms with E-state index in [4.69, 9.17) is 23.2 Å². The van der Waals surface area contributed by atoms with Gasteiger partial charge in [0, 0.05) is 12.6 Å². The molecule has 3 rings (SSSR count). The molecule has 154 valence electrons. The number of benzene rings is 1. The Kier molecular flexibility index (Phi) is 5.39. The van der Waals surface area contributed by atoms with Crippen LogP contribution in [0.4, 0.5) is 26.3 Å². The molecule has 0 saturated heterocycles. The molecular formula is C16H8Cl2F6N4O. The topological polar surface area (TPSA) is 74.4 Å². The number of hydrogen-bond acceptors (Lipinski definition) is 3. The van der Waals surface area contributed by atoms with Crippen molar-refractivity contribution in [3.05, 3.63) is 67.2 Å². The molecule has 0 fully saturated rings. The second-order valence-electron chi connectivity index (χ2n) is 5.81. The smallest absolute Gasteiger partial charge is 0.305 e. The Bertz CT molecular complexity index is 1120. The largest absolute Gasteiger partial charge is 0.433 e. The molecule has 0 saturated carbocycles. The van der Waals surface area contributed by atoms with E-state index in [1.165, 1.54) is 6.20 Å². The van der Waals surface area contributed by atoms with Crippen molar-refractivity contribution in [3.63, 3.8) is 0 Å². The van der Waals surface area contributed by atoms with Crippen molar-refractivity contribution in [2.75, 3.05) is 0 Å². The average molecular weight is 457 g/mol. The second kappa shape index (κ2) is 7.38. The van der Waals surface area contributed by atoms with Crippen LogP contribution in [0.2, 0.25) is 10.0 Å². The molecule has 0 bridgehead atoms. The van der Waals surface area contributed by atoms with Crippen LogP contribution < -0.4 is 5.56 Å². The fourth-order valence-electron chi connectivity index (χ4n) is 2.55. The third kappa shape index (κ3) is 4.40. The molecule has 0 aliphatic heterocycles. The summed E-state index contributed by atoms with van der Waals surface area (Å²) in [5.41, 5.74) is -5.25. The molecule has 5 nitrogen and oxygen atoms in total. The summed E-state index contributed by atoms with van der Waals surface area (Å²) < 4.78 is 79.5. The van der Waals surface area contributed by atoms with Crippen molar-refractivity contribution < 1.29 is 26.3 Å². The van der Waals surface area contributed by atoms with Gasteiger partial charge >= 0.3 is 12.4 Å². The van der Waals surface area contributed by atoms with E-state index in [1.807, 2.05) is 0 Å². The molecular weight excluding hydrogens is 449 g/mol. The molecule has 0 atom stereocenters. The Hall–Kier alpha value is -2.53. The number of halogens is 8. The van der Waals surface area contributed by atoms with E-state index < -0.39 is 52.0 Å². The number of aromatic amines is 2. The SMILES string of the molecule is O=c1[nH]c(-c2n[nH]cc2Cl)nc(C(F)(F)F)c1Cc1ccc(Cl)c(C(F)(F)F)c1. The minimum absolute atomic E-state index is 0.0819. The van der Waals surface area contributed by atoms with Crippen molar-refractivity contribution in [2.45, 2.75) is 18.8 Å². The van der Waals surface area contributed by atoms with Gasteiger partial charge in [-0.2, -0.15) is 31.4 Å². The van der Waals surface area contributed by atoms with Gasteiger partial charge in [0.15, 0.2) is 11.5 Å². The first-order chi connectivity index (χ1) is 13.4. The predicted molar refractivity (Wildman–Crippen MR) is 91.7 cm³/mol. The summed E-state index contributed by atoms with van der Waals surface area (Å²) in [7, 11) is 0. The van der Waals surface area contributed by atoms with Gasteiger partial charge in [0.1, 0.15) is 5.69 Å². The van der Waals surface area contributed by atoms with Crippen molar-refractivity contribution in [1.82, 2.24) is 20.2 Å². The Balaban J connectivity index is 2.13. The van der Waals surface area contributed by atoms with Gasteiger partial charge < -0.3 is 4.98 Å². The molecule has 3 aromatic rings. The highest BCUT2D eigenvalue weighted by atomic mass is 35.5. The van der Waals surface area contributed by atoms with E-state index in [9.17, 15) is 31.1 Å². The van der Waals surface area contributed by atoms with E-state index in [2.05, 4.69) is 20.2 Å². The number of nitrogens with one attached hydrogen (secondary N) is 2. The number of alkyl halides is 6. The van der Waals surface area contributed by atoms with E-state index in [1.54, 1.807) is 0 Å². The zero-order chi connectivity index (χ0) is 21.6. The van der Waals surface area contributed by atoms with Gasteiger partial charge in [-0.3, -0.25) is 9.89 Å². The molecule has 2 N–H and O–H groups in total. The van der Waals surface area contributed by atoms with Crippen LogP contribution in [0.5, 0.6) is 0 Å². The summed E-state index contributed by atoms with van der Waals surface area (Å²) in [6, 6.07) is 2.57. The monoisotopic (exact) mass is 456 g/mol. The summed E-state index contributed by atoms with van der Waals surface area (Å²) in [5.74, 6) is -0.538. The Morgan fingerprint density at radius 1 is 1.00 bits per heavy atom. The third-order valence-corrected chi connectivity index (χ3v) is 4.44. The first-order valence-corrected chi connectivity index (χ1v) is 8.39. The van der Waals surface area contributed by atoms with Crippen molar-refractivity contribution >= 4 is 23.2 Å². The quantitative estimate of drug-likeness (QED) is 0.538. The molecule has 13 heteroatoms. The highest BCUT2D eigenvalue weighted by Crippen LogP contribution is 2.36. The molecule has 1 aromatic carbocycles. The number of nitrogens with zero attached hydrogens (tertiary/aromatic N) is 2. The minimum atomic E-state index is -5.06. The molecule has 2 aromatic heterocycles. The Morgan fingerprint density at radius 2 is 1.69 bits per heavy atom. The van der Waals surface area contributed by atoms with Gasteiger partial charge in [0.2, 0.25) is 0 Å². The Labute approximate surface area is 167 Å². The lowest BCUT2D eigenvalue weighted by Gasteiger charge is -2.14. The normalized spacial score (nSPS) is 12.4. The highest BCUT2D eigenvalue weighted by Gasteiger charge is 2.38. The lowest BCUT2D eigenvalue weighted by molar-refractivity contribution is -0.142. The standard InChI is InChI=1S/C16H8Cl2F6N4O/c17-9-2-1-6(4-8(9)15(19,20)21)3-7-12(16(22,23)24)26-13(27-14(7)29)11-10(18)5-25-28-11/h1-2,4-5H,3H2,(H,25,28)(H,26,27,29). The van der Waals surface area contributed by atoms with Crippen LogP contribution in [-0.4, -0.2) is 20.2 Å². The first kappa shape index (κ1) is 21.2. The minimum Gasteiger partial charge on any atom is -0.305 e. The molecule has 0 spiro atoms. The maximum Gasteiger partial charge on any atom is 0.433 e. The molecule has 29 heavy (non-hydrogen) atoms. The summed E-state index contributed by atoms with van der Waals surface area (Å²) >= 11 is 11.3. The summed E-state index contributed by atoms with van der Waals surface area (Å²) in [6.45, 7) is 0. The van der Waals surface area contributed by atoms with E-state index >= 15 is 0 Å². The van der Waals surface area contributed by atoms with Gasteiger partial charge in [-0.15, -0.1) is 0 Å². The molecule has 0 aliphatic carbocycles. The fourth-order valence-corrected chi connectivity index (χ4v) is 2.96. The number of rotatable bonds is 3. The predicted octanol–water partition coefficient (Wildman–Crippen LogP) is 5.10. The van der Waals surface area contributed by atoms with Gasteiger partial charge in [-0.05, 0) is 17.7 Å². The maximum atomic E-state index is 13.5. The summed E-state index contributed by atoms with van der Waals surface area (Å²) in [5, 5.41) is 5.23. The fraction of sp³-hybridized carbons (Fsp3) is 0.188. The number of hydrogen-bond donors (Lipinski definition) is 2. The van der Waals surface area contributed by atoms with Gasteiger partial charge in [0.25, 0.3) is 5.56 Å². The van der Waals surface area contributed by atoms with Gasteiger partial charge in [-0.25, -0.2) is 4.98 Å².